The highest BCUT2D eigenvalue weighted by Crippen LogP contribution is 2.23. The summed E-state index contributed by atoms with van der Waals surface area (Å²) in [7, 11) is 2.16. The Balaban J connectivity index is 1.57. The normalized spacial score (nSPS) is 22.2. The number of fused-ring (bicyclic) bond motifs is 1. The molecule has 0 saturated carbocycles. The molecule has 1 atom stereocenters. The molecule has 1 saturated heterocycles. The zero-order chi connectivity index (χ0) is 14.7. The standard InChI is InChI=1S/C17H25N3O/c1-20-9-3-4-13(12-20)11-19-17(21)15-6-7-16-14(10-15)5-2-8-18-16/h6-7,10,13,18H,2-5,8-9,11-12H2,1H3,(H,19,21). The third-order valence-electron chi connectivity index (χ3n) is 4.58. The maximum atomic E-state index is 12.3. The number of hydrogen-bond acceptors (Lipinski definition) is 3. The van der Waals surface area contributed by atoms with Crippen molar-refractivity contribution in [1.29, 1.82) is 0 Å². The second-order valence-electron chi connectivity index (χ2n) is 6.38. The lowest BCUT2D eigenvalue weighted by atomic mass is 9.98. The zero-order valence-corrected chi connectivity index (χ0v) is 12.8. The number of benzene rings is 1. The smallest absolute Gasteiger partial charge is 0.251 e. The van der Waals surface area contributed by atoms with Gasteiger partial charge in [0.15, 0.2) is 0 Å². The minimum Gasteiger partial charge on any atom is -0.385 e. The van der Waals surface area contributed by atoms with Crippen molar-refractivity contribution in [2.75, 3.05) is 38.5 Å². The summed E-state index contributed by atoms with van der Waals surface area (Å²) >= 11 is 0. The fourth-order valence-electron chi connectivity index (χ4n) is 3.40. The topological polar surface area (TPSA) is 44.4 Å². The van der Waals surface area contributed by atoms with Gasteiger partial charge in [0, 0.05) is 30.9 Å². The van der Waals surface area contributed by atoms with E-state index in [1.165, 1.54) is 30.6 Å². The van der Waals surface area contributed by atoms with E-state index in [1.807, 2.05) is 18.2 Å². The molecule has 0 aromatic heterocycles. The first-order valence-electron chi connectivity index (χ1n) is 8.06. The fraction of sp³-hybridized carbons (Fsp3) is 0.588. The lowest BCUT2D eigenvalue weighted by molar-refractivity contribution is 0.0936. The van der Waals surface area contributed by atoms with Crippen LogP contribution in [0.5, 0.6) is 0 Å². The van der Waals surface area contributed by atoms with Crippen molar-refractivity contribution in [1.82, 2.24) is 10.2 Å². The number of nitrogens with zero attached hydrogens (tertiary/aromatic N) is 1. The van der Waals surface area contributed by atoms with E-state index in [9.17, 15) is 4.79 Å². The van der Waals surface area contributed by atoms with Crippen molar-refractivity contribution in [3.63, 3.8) is 0 Å². The summed E-state index contributed by atoms with van der Waals surface area (Å²) in [6.45, 7) is 4.10. The van der Waals surface area contributed by atoms with Gasteiger partial charge in [-0.15, -0.1) is 0 Å². The van der Waals surface area contributed by atoms with Gasteiger partial charge in [0.25, 0.3) is 5.91 Å². The summed E-state index contributed by atoms with van der Waals surface area (Å²) in [4.78, 5) is 14.7. The van der Waals surface area contributed by atoms with Crippen molar-refractivity contribution >= 4 is 11.6 Å². The van der Waals surface area contributed by atoms with Gasteiger partial charge in [-0.2, -0.15) is 0 Å². The third kappa shape index (κ3) is 3.56. The molecule has 0 bridgehead atoms. The summed E-state index contributed by atoms with van der Waals surface area (Å²) in [6.07, 6.45) is 4.67. The summed E-state index contributed by atoms with van der Waals surface area (Å²) in [5.74, 6) is 0.656. The molecule has 1 fully saturated rings. The molecule has 2 aliphatic heterocycles. The highest BCUT2D eigenvalue weighted by molar-refractivity contribution is 5.95. The van der Waals surface area contributed by atoms with Gasteiger partial charge in [0.1, 0.15) is 0 Å². The summed E-state index contributed by atoms with van der Waals surface area (Å²) in [6, 6.07) is 6.01. The number of anilines is 1. The van der Waals surface area contributed by atoms with Gasteiger partial charge in [-0.1, -0.05) is 0 Å². The number of nitrogens with one attached hydrogen (secondary N) is 2. The molecule has 1 aromatic rings. The molecule has 0 radical (unpaired) electrons. The summed E-state index contributed by atoms with van der Waals surface area (Å²) in [5.41, 5.74) is 3.25. The van der Waals surface area contributed by atoms with Crippen molar-refractivity contribution in [2.24, 2.45) is 5.92 Å². The highest BCUT2D eigenvalue weighted by Gasteiger charge is 2.18. The molecule has 114 valence electrons. The number of rotatable bonds is 3. The first-order valence-corrected chi connectivity index (χ1v) is 8.06. The molecule has 21 heavy (non-hydrogen) atoms. The minimum atomic E-state index is 0.0663. The van der Waals surface area contributed by atoms with Gasteiger partial charge in [0.2, 0.25) is 0 Å². The average Bonchev–Trinajstić information content (AvgIpc) is 2.52. The second-order valence-corrected chi connectivity index (χ2v) is 6.38. The van der Waals surface area contributed by atoms with E-state index in [2.05, 4.69) is 22.6 Å². The SMILES string of the molecule is CN1CCCC(CNC(=O)c2ccc3c(c2)CCCN3)C1. The molecule has 0 aliphatic carbocycles. The van der Waals surface area contributed by atoms with Crippen molar-refractivity contribution in [3.05, 3.63) is 29.3 Å². The van der Waals surface area contributed by atoms with Crippen LogP contribution in [0.2, 0.25) is 0 Å². The van der Waals surface area contributed by atoms with Crippen molar-refractivity contribution in [2.45, 2.75) is 25.7 Å². The maximum Gasteiger partial charge on any atom is 0.251 e. The Morgan fingerprint density at radius 1 is 1.43 bits per heavy atom. The van der Waals surface area contributed by atoms with Crippen LogP contribution in [0.1, 0.15) is 35.2 Å². The van der Waals surface area contributed by atoms with Crippen LogP contribution in [0.3, 0.4) is 0 Å². The van der Waals surface area contributed by atoms with Gasteiger partial charge in [-0.3, -0.25) is 4.79 Å². The molecule has 2 heterocycles. The molecular weight excluding hydrogens is 262 g/mol. The Morgan fingerprint density at radius 3 is 3.19 bits per heavy atom. The van der Waals surface area contributed by atoms with Crippen LogP contribution < -0.4 is 10.6 Å². The Labute approximate surface area is 126 Å². The fourth-order valence-corrected chi connectivity index (χ4v) is 3.40. The molecule has 1 amide bonds. The predicted molar refractivity (Wildman–Crippen MR) is 85.8 cm³/mol. The summed E-state index contributed by atoms with van der Waals surface area (Å²) < 4.78 is 0. The van der Waals surface area contributed by atoms with Gasteiger partial charge in [-0.25, -0.2) is 0 Å². The minimum absolute atomic E-state index is 0.0663. The number of carbonyl (C=O) groups excluding carboxylic acids is 1. The Hall–Kier alpha value is -1.55. The molecular formula is C17H25N3O. The van der Waals surface area contributed by atoms with E-state index in [1.54, 1.807) is 0 Å². The van der Waals surface area contributed by atoms with Gasteiger partial charge in [-0.05, 0) is 69.0 Å². The van der Waals surface area contributed by atoms with Crippen molar-refractivity contribution in [3.8, 4) is 0 Å². The van der Waals surface area contributed by atoms with Crippen LogP contribution in [-0.4, -0.2) is 44.0 Å². The van der Waals surface area contributed by atoms with E-state index in [0.29, 0.717) is 5.92 Å². The third-order valence-corrected chi connectivity index (χ3v) is 4.58. The Morgan fingerprint density at radius 2 is 2.33 bits per heavy atom. The molecule has 2 aliphatic rings. The van der Waals surface area contributed by atoms with Crippen molar-refractivity contribution < 1.29 is 4.79 Å². The molecule has 2 N–H and O–H groups in total. The largest absolute Gasteiger partial charge is 0.385 e. The molecule has 4 nitrogen and oxygen atoms in total. The number of aryl methyl sites for hydroxylation is 1. The van der Waals surface area contributed by atoms with Crippen LogP contribution in [0.4, 0.5) is 5.69 Å². The molecule has 4 heteroatoms. The van der Waals surface area contributed by atoms with Crippen LogP contribution in [0.25, 0.3) is 0 Å². The predicted octanol–water partition coefficient (Wildman–Crippen LogP) is 2.12. The maximum absolute atomic E-state index is 12.3. The number of piperidine rings is 1. The molecule has 3 rings (SSSR count). The molecule has 0 spiro atoms. The van der Waals surface area contributed by atoms with E-state index < -0.39 is 0 Å². The lowest BCUT2D eigenvalue weighted by Gasteiger charge is -2.29. The van der Waals surface area contributed by atoms with E-state index >= 15 is 0 Å². The van der Waals surface area contributed by atoms with Crippen LogP contribution in [0, 0.1) is 5.92 Å². The number of likely N-dealkylation sites (tertiary alicyclic amines) is 1. The van der Waals surface area contributed by atoms with Crippen LogP contribution >= 0.6 is 0 Å². The van der Waals surface area contributed by atoms with Gasteiger partial charge in [0.05, 0.1) is 0 Å². The molecule has 1 aromatic carbocycles. The van der Waals surface area contributed by atoms with E-state index in [0.717, 1.165) is 38.0 Å². The first kappa shape index (κ1) is 14.4. The average molecular weight is 287 g/mol. The van der Waals surface area contributed by atoms with E-state index in [4.69, 9.17) is 0 Å². The molecule has 1 unspecified atom stereocenters. The second kappa shape index (κ2) is 6.48. The number of amides is 1. The van der Waals surface area contributed by atoms with Gasteiger partial charge >= 0.3 is 0 Å². The van der Waals surface area contributed by atoms with E-state index in [-0.39, 0.29) is 5.91 Å². The summed E-state index contributed by atoms with van der Waals surface area (Å²) in [5, 5.41) is 6.49. The Bertz CT molecular complexity index is 515. The monoisotopic (exact) mass is 287 g/mol. The quantitative estimate of drug-likeness (QED) is 0.895. The Kier molecular flexibility index (Phi) is 4.44. The number of carbonyl (C=O) groups is 1. The van der Waals surface area contributed by atoms with Crippen LogP contribution in [0.15, 0.2) is 18.2 Å². The zero-order valence-electron chi connectivity index (χ0n) is 12.8. The number of hydrogen-bond donors (Lipinski definition) is 2. The first-order chi connectivity index (χ1) is 10.2. The van der Waals surface area contributed by atoms with Crippen LogP contribution in [-0.2, 0) is 6.42 Å². The lowest BCUT2D eigenvalue weighted by Crippen LogP contribution is -2.39. The highest BCUT2D eigenvalue weighted by atomic mass is 16.1. The van der Waals surface area contributed by atoms with Gasteiger partial charge < -0.3 is 15.5 Å².